The van der Waals surface area contributed by atoms with Crippen molar-refractivity contribution >= 4 is 21.6 Å². The molecule has 2 aromatic carbocycles. The molecule has 0 fully saturated rings. The second-order valence-corrected chi connectivity index (χ2v) is 7.35. The molecule has 0 saturated heterocycles. The molecule has 0 bridgehead atoms. The zero-order valence-corrected chi connectivity index (χ0v) is 14.9. The number of amides is 1. The first-order chi connectivity index (χ1) is 12.2. The van der Waals surface area contributed by atoms with Gasteiger partial charge in [-0.05, 0) is 44.2 Å². The van der Waals surface area contributed by atoms with Gasteiger partial charge in [0.15, 0.2) is 0 Å². The van der Waals surface area contributed by atoms with Crippen LogP contribution >= 0.6 is 0 Å². The zero-order valence-electron chi connectivity index (χ0n) is 14.1. The number of benzene rings is 2. The number of nitrogens with one attached hydrogen (secondary N) is 2. The van der Waals surface area contributed by atoms with Gasteiger partial charge in [-0.3, -0.25) is 4.79 Å². The van der Waals surface area contributed by atoms with E-state index in [1.165, 1.54) is 42.5 Å². The van der Waals surface area contributed by atoms with Crippen molar-refractivity contribution < 1.29 is 26.7 Å². The van der Waals surface area contributed by atoms with Gasteiger partial charge in [-0.25, -0.2) is 13.1 Å². The van der Waals surface area contributed by atoms with Crippen LogP contribution in [0.25, 0.3) is 0 Å². The highest BCUT2D eigenvalue weighted by Crippen LogP contribution is 2.26. The summed E-state index contributed by atoms with van der Waals surface area (Å²) in [6.07, 6.45) is 0. The van der Waals surface area contributed by atoms with Gasteiger partial charge in [0.1, 0.15) is 5.75 Å². The third-order valence-electron chi connectivity index (χ3n) is 3.15. The van der Waals surface area contributed by atoms with Crippen molar-refractivity contribution in [3.8, 4) is 5.75 Å². The van der Waals surface area contributed by atoms with Gasteiger partial charge >= 0.3 is 6.61 Å². The number of para-hydroxylation sites is 2. The van der Waals surface area contributed by atoms with Gasteiger partial charge in [0.25, 0.3) is 5.91 Å². The maximum absolute atomic E-state index is 12.4. The first-order valence-electron chi connectivity index (χ1n) is 7.66. The number of alkyl halides is 2. The Hall–Kier alpha value is -2.52. The monoisotopic (exact) mass is 384 g/mol. The molecule has 0 unspecified atom stereocenters. The van der Waals surface area contributed by atoms with E-state index in [2.05, 4.69) is 14.8 Å². The van der Waals surface area contributed by atoms with Crippen LogP contribution in [0.3, 0.4) is 0 Å². The van der Waals surface area contributed by atoms with E-state index in [9.17, 15) is 22.0 Å². The quantitative estimate of drug-likeness (QED) is 0.768. The van der Waals surface area contributed by atoms with Crippen LogP contribution in [0, 0.1) is 0 Å². The van der Waals surface area contributed by atoms with Crippen molar-refractivity contribution in [1.29, 1.82) is 0 Å². The van der Waals surface area contributed by atoms with Crippen LogP contribution < -0.4 is 14.8 Å². The predicted octanol–water partition coefficient (Wildman–Crippen LogP) is 3.23. The molecule has 0 radical (unpaired) electrons. The molecule has 0 aliphatic heterocycles. The van der Waals surface area contributed by atoms with Gasteiger partial charge in [0, 0.05) is 11.6 Å². The van der Waals surface area contributed by atoms with Crippen molar-refractivity contribution in [3.05, 3.63) is 54.1 Å². The summed E-state index contributed by atoms with van der Waals surface area (Å²) in [7, 11) is -3.77. The summed E-state index contributed by atoms with van der Waals surface area (Å²) < 4.78 is 56.1. The van der Waals surface area contributed by atoms with E-state index in [4.69, 9.17) is 0 Å². The molecule has 2 N–H and O–H groups in total. The molecule has 0 atom stereocenters. The van der Waals surface area contributed by atoms with Crippen LogP contribution in [0.2, 0.25) is 0 Å². The number of carbonyl (C=O) groups is 1. The summed E-state index contributed by atoms with van der Waals surface area (Å²) in [6.45, 7) is 0.311. The van der Waals surface area contributed by atoms with Crippen molar-refractivity contribution in [1.82, 2.24) is 4.72 Å². The number of anilines is 1. The number of hydrogen-bond acceptors (Lipinski definition) is 4. The lowest BCUT2D eigenvalue weighted by Crippen LogP contribution is -2.30. The lowest BCUT2D eigenvalue weighted by molar-refractivity contribution is -0.0493. The Kier molecular flexibility index (Phi) is 6.27. The summed E-state index contributed by atoms with van der Waals surface area (Å²) >= 11 is 0. The van der Waals surface area contributed by atoms with Crippen LogP contribution in [0.5, 0.6) is 5.75 Å². The van der Waals surface area contributed by atoms with Crippen LogP contribution in [0.1, 0.15) is 24.2 Å². The largest absolute Gasteiger partial charge is 0.433 e. The maximum Gasteiger partial charge on any atom is 0.387 e. The lowest BCUT2D eigenvalue weighted by Gasteiger charge is -2.13. The lowest BCUT2D eigenvalue weighted by atomic mass is 10.2. The molecule has 0 spiro atoms. The molecule has 0 heterocycles. The topological polar surface area (TPSA) is 84.5 Å². The number of carbonyl (C=O) groups excluding carboxylic acids is 1. The zero-order chi connectivity index (χ0) is 19.3. The fraction of sp³-hybridized carbons (Fsp3) is 0.235. The van der Waals surface area contributed by atoms with Crippen molar-refractivity contribution in [3.63, 3.8) is 0 Å². The summed E-state index contributed by atoms with van der Waals surface area (Å²) in [4.78, 5) is 12.3. The predicted molar refractivity (Wildman–Crippen MR) is 92.9 cm³/mol. The van der Waals surface area contributed by atoms with Gasteiger partial charge in [-0.15, -0.1) is 0 Å². The van der Waals surface area contributed by atoms with E-state index in [0.29, 0.717) is 0 Å². The minimum absolute atomic E-state index is 0.0476. The van der Waals surface area contributed by atoms with Crippen LogP contribution in [0.15, 0.2) is 53.4 Å². The smallest absolute Gasteiger partial charge is 0.387 e. The molecule has 26 heavy (non-hydrogen) atoms. The molecule has 140 valence electrons. The van der Waals surface area contributed by atoms with E-state index in [-0.39, 0.29) is 27.9 Å². The summed E-state index contributed by atoms with van der Waals surface area (Å²) in [6, 6.07) is 10.8. The summed E-state index contributed by atoms with van der Waals surface area (Å²) in [5.41, 5.74) is 0.106. The van der Waals surface area contributed by atoms with Gasteiger partial charge in [-0.1, -0.05) is 18.2 Å². The van der Waals surface area contributed by atoms with Crippen molar-refractivity contribution in [2.45, 2.75) is 31.4 Å². The minimum atomic E-state index is -3.77. The number of rotatable bonds is 7. The van der Waals surface area contributed by atoms with Gasteiger partial charge in [-0.2, -0.15) is 8.78 Å². The highest BCUT2D eigenvalue weighted by molar-refractivity contribution is 7.89. The highest BCUT2D eigenvalue weighted by atomic mass is 32.2. The fourth-order valence-electron chi connectivity index (χ4n) is 2.15. The molecule has 0 aliphatic rings. The maximum atomic E-state index is 12.4. The molecule has 2 aromatic rings. The standard InChI is InChI=1S/C17H18F2N2O4S/c1-11(2)21-26(23,24)13-7-5-6-12(10-13)16(22)20-14-8-3-4-9-15(14)25-17(18)19/h3-11,17,21H,1-2H3,(H,20,22). The van der Waals surface area contributed by atoms with Crippen molar-refractivity contribution in [2.24, 2.45) is 0 Å². The number of ether oxygens (including phenoxy) is 1. The first-order valence-corrected chi connectivity index (χ1v) is 9.15. The molecular formula is C17H18F2N2O4S. The molecular weight excluding hydrogens is 366 g/mol. The Morgan fingerprint density at radius 1 is 1.08 bits per heavy atom. The fourth-order valence-corrected chi connectivity index (χ4v) is 3.44. The average Bonchev–Trinajstić information content (AvgIpc) is 2.55. The molecule has 2 rings (SSSR count). The molecule has 1 amide bonds. The molecule has 9 heteroatoms. The summed E-state index contributed by atoms with van der Waals surface area (Å²) in [5.74, 6) is -0.849. The van der Waals surface area contributed by atoms with E-state index in [0.717, 1.165) is 0 Å². The van der Waals surface area contributed by atoms with Crippen LogP contribution in [-0.4, -0.2) is 27.0 Å². The van der Waals surface area contributed by atoms with Gasteiger partial charge < -0.3 is 10.1 Å². The third kappa shape index (κ3) is 5.24. The van der Waals surface area contributed by atoms with Crippen LogP contribution in [-0.2, 0) is 10.0 Å². The molecule has 6 nitrogen and oxygen atoms in total. The molecule has 0 aliphatic carbocycles. The van der Waals surface area contributed by atoms with Crippen molar-refractivity contribution in [2.75, 3.05) is 5.32 Å². The molecule has 0 aromatic heterocycles. The molecule has 0 saturated carbocycles. The Morgan fingerprint density at radius 2 is 1.77 bits per heavy atom. The number of hydrogen-bond donors (Lipinski definition) is 2. The summed E-state index contributed by atoms with van der Waals surface area (Å²) in [5, 5.41) is 2.44. The van der Waals surface area contributed by atoms with E-state index in [1.54, 1.807) is 19.9 Å². The Morgan fingerprint density at radius 3 is 2.42 bits per heavy atom. The number of sulfonamides is 1. The van der Waals surface area contributed by atoms with E-state index in [1.807, 2.05) is 0 Å². The second kappa shape index (κ2) is 8.24. The van der Waals surface area contributed by atoms with Gasteiger partial charge in [0.05, 0.1) is 10.6 Å². The average molecular weight is 384 g/mol. The highest BCUT2D eigenvalue weighted by Gasteiger charge is 2.18. The third-order valence-corrected chi connectivity index (χ3v) is 4.80. The second-order valence-electron chi connectivity index (χ2n) is 5.63. The minimum Gasteiger partial charge on any atom is -0.433 e. The Bertz CT molecular complexity index is 886. The SMILES string of the molecule is CC(C)NS(=O)(=O)c1cccc(C(=O)Nc2ccccc2OC(F)F)c1. The van der Waals surface area contributed by atoms with Gasteiger partial charge in [0.2, 0.25) is 10.0 Å². The Balaban J connectivity index is 2.25. The van der Waals surface area contributed by atoms with E-state index < -0.39 is 22.5 Å². The normalized spacial score (nSPS) is 11.6. The van der Waals surface area contributed by atoms with E-state index >= 15 is 0 Å². The first kappa shape index (κ1) is 19.8. The number of halogens is 2. The van der Waals surface area contributed by atoms with Crippen LogP contribution in [0.4, 0.5) is 14.5 Å². The Labute approximate surface area is 150 Å².